The van der Waals surface area contributed by atoms with Gasteiger partial charge in [-0.25, -0.2) is 4.98 Å². The molecule has 1 heterocycles. The highest BCUT2D eigenvalue weighted by Gasteiger charge is 2.24. The molecular formula is C16H19N5O5S. The molecule has 1 aromatic carbocycles. The lowest BCUT2D eigenvalue weighted by atomic mass is 10.2. The van der Waals surface area contributed by atoms with Crippen LogP contribution < -0.4 is 11.1 Å². The van der Waals surface area contributed by atoms with Gasteiger partial charge < -0.3 is 11.1 Å². The van der Waals surface area contributed by atoms with Crippen molar-refractivity contribution in [2.45, 2.75) is 24.8 Å². The maximum atomic E-state index is 12.4. The summed E-state index contributed by atoms with van der Waals surface area (Å²) in [5.74, 6) is -0.225. The average molecular weight is 393 g/mol. The number of nitrogens with two attached hydrogens (primary N) is 1. The highest BCUT2D eigenvalue weighted by Crippen LogP contribution is 2.19. The molecule has 10 nitrogen and oxygen atoms in total. The minimum atomic E-state index is -4.12. The number of aromatic nitrogens is 1. The molecule has 0 aliphatic carbocycles. The number of pyridine rings is 1. The molecule has 4 N–H and O–H groups in total. The third-order valence-electron chi connectivity index (χ3n) is 3.65. The Hall–Kier alpha value is -3.05. The number of rotatable bonds is 8. The Labute approximate surface area is 156 Å². The molecule has 0 aliphatic heterocycles. The highest BCUT2D eigenvalue weighted by molar-refractivity contribution is 7.86. The topological polar surface area (TPSA) is 161 Å². The molecule has 0 bridgehead atoms. The van der Waals surface area contributed by atoms with Gasteiger partial charge in [0.15, 0.2) is 6.10 Å². The number of nitrogens with one attached hydrogen (secondary N) is 2. The Morgan fingerprint density at radius 3 is 2.52 bits per heavy atom. The predicted molar refractivity (Wildman–Crippen MR) is 99.3 cm³/mol. The van der Waals surface area contributed by atoms with Crippen LogP contribution in [0.15, 0.2) is 41.4 Å². The minimum absolute atomic E-state index is 0.0522. The molecule has 0 amide bonds. The van der Waals surface area contributed by atoms with E-state index in [-0.39, 0.29) is 22.9 Å². The largest absolute Gasteiger partial charge is 0.385 e. The molecule has 1 aromatic heterocycles. The summed E-state index contributed by atoms with van der Waals surface area (Å²) in [6, 6.07) is 7.48. The van der Waals surface area contributed by atoms with Crippen LogP contribution in [0.1, 0.15) is 11.1 Å². The van der Waals surface area contributed by atoms with E-state index in [1.54, 1.807) is 19.1 Å². The Bertz CT molecular complexity index is 960. The number of aryl methyl sites for hydroxylation is 2. The van der Waals surface area contributed by atoms with Crippen LogP contribution in [-0.4, -0.2) is 36.8 Å². The van der Waals surface area contributed by atoms with Gasteiger partial charge in [0.05, 0.1) is 16.4 Å². The zero-order chi connectivity index (χ0) is 20.2. The molecule has 0 fully saturated rings. The molecule has 144 valence electrons. The van der Waals surface area contributed by atoms with E-state index in [2.05, 4.69) is 10.3 Å². The summed E-state index contributed by atoms with van der Waals surface area (Å²) in [6.45, 7) is 3.20. The number of hydrogen-bond donors (Lipinski definition) is 3. The second-order valence-electron chi connectivity index (χ2n) is 5.80. The Morgan fingerprint density at radius 2 is 2.00 bits per heavy atom. The number of benzene rings is 1. The molecule has 2 aromatic rings. The quantitative estimate of drug-likeness (QED) is 0.201. The Morgan fingerprint density at radius 1 is 1.37 bits per heavy atom. The lowest BCUT2D eigenvalue weighted by Gasteiger charge is -2.17. The van der Waals surface area contributed by atoms with Gasteiger partial charge in [-0.15, -0.1) is 0 Å². The van der Waals surface area contributed by atoms with Gasteiger partial charge in [0.1, 0.15) is 17.9 Å². The number of nitrogens with zero attached hydrogens (tertiary/aromatic N) is 2. The van der Waals surface area contributed by atoms with Crippen LogP contribution >= 0.6 is 0 Å². The van der Waals surface area contributed by atoms with E-state index in [0.717, 1.165) is 11.8 Å². The molecule has 0 spiro atoms. The summed E-state index contributed by atoms with van der Waals surface area (Å²) in [7, 11) is -4.12. The highest BCUT2D eigenvalue weighted by atomic mass is 32.2. The first-order valence-electron chi connectivity index (χ1n) is 7.79. The van der Waals surface area contributed by atoms with Crippen LogP contribution in [0, 0.1) is 29.4 Å². The van der Waals surface area contributed by atoms with Gasteiger partial charge in [0, 0.05) is 5.56 Å². The van der Waals surface area contributed by atoms with Crippen LogP contribution in [0.4, 0.5) is 11.5 Å². The molecule has 1 unspecified atom stereocenters. The molecule has 0 saturated carbocycles. The monoisotopic (exact) mass is 393 g/mol. The van der Waals surface area contributed by atoms with Gasteiger partial charge in [0.25, 0.3) is 15.8 Å². The van der Waals surface area contributed by atoms with E-state index in [0.29, 0.717) is 5.56 Å². The van der Waals surface area contributed by atoms with Crippen molar-refractivity contribution in [1.82, 2.24) is 4.98 Å². The van der Waals surface area contributed by atoms with Crippen molar-refractivity contribution in [3.63, 3.8) is 0 Å². The van der Waals surface area contributed by atoms with Crippen molar-refractivity contribution in [2.75, 3.05) is 11.9 Å². The molecule has 0 saturated heterocycles. The Kier molecular flexibility index (Phi) is 6.08. The fraction of sp³-hybridized carbons (Fsp3) is 0.250. The van der Waals surface area contributed by atoms with Crippen molar-refractivity contribution < 1.29 is 17.5 Å². The van der Waals surface area contributed by atoms with Crippen LogP contribution in [0.5, 0.6) is 0 Å². The van der Waals surface area contributed by atoms with E-state index in [9.17, 15) is 18.5 Å². The van der Waals surface area contributed by atoms with Crippen molar-refractivity contribution in [2.24, 2.45) is 5.73 Å². The summed E-state index contributed by atoms with van der Waals surface area (Å²) in [5, 5.41) is 21.2. The van der Waals surface area contributed by atoms with Crippen LogP contribution in [0.3, 0.4) is 0 Å². The van der Waals surface area contributed by atoms with Crippen LogP contribution in [0.25, 0.3) is 0 Å². The molecular weight excluding hydrogens is 374 g/mol. The van der Waals surface area contributed by atoms with E-state index in [1.165, 1.54) is 18.2 Å². The first-order chi connectivity index (χ1) is 12.6. The molecule has 0 aliphatic rings. The fourth-order valence-corrected chi connectivity index (χ4v) is 3.20. The van der Waals surface area contributed by atoms with Crippen LogP contribution in [-0.2, 0) is 14.3 Å². The summed E-state index contributed by atoms with van der Waals surface area (Å²) in [5.41, 5.74) is 6.58. The maximum absolute atomic E-state index is 12.4. The lowest BCUT2D eigenvalue weighted by molar-refractivity contribution is -0.385. The van der Waals surface area contributed by atoms with Crippen molar-refractivity contribution in [3.05, 3.63) is 57.8 Å². The third kappa shape index (κ3) is 5.21. The summed E-state index contributed by atoms with van der Waals surface area (Å²) in [6.07, 6.45) is -0.182. The number of hydrogen-bond acceptors (Lipinski definition) is 8. The summed E-state index contributed by atoms with van der Waals surface area (Å²) >= 11 is 0. The van der Waals surface area contributed by atoms with E-state index in [4.69, 9.17) is 15.3 Å². The normalized spacial score (nSPS) is 12.4. The molecule has 27 heavy (non-hydrogen) atoms. The maximum Gasteiger partial charge on any atom is 0.297 e. The lowest BCUT2D eigenvalue weighted by Crippen LogP contribution is -2.38. The van der Waals surface area contributed by atoms with Gasteiger partial charge in [-0.3, -0.25) is 19.7 Å². The molecule has 11 heteroatoms. The molecule has 2 rings (SSSR count). The average Bonchev–Trinajstić information content (AvgIpc) is 2.58. The van der Waals surface area contributed by atoms with Gasteiger partial charge in [0.2, 0.25) is 0 Å². The molecule has 1 atom stereocenters. The Balaban J connectivity index is 2.12. The smallest absolute Gasteiger partial charge is 0.297 e. The fourth-order valence-electron chi connectivity index (χ4n) is 2.14. The SMILES string of the molecule is Cc1ccc(S(=O)(=O)OC(CNc2cc(C)c([N+](=O)[O-])cn2)C(=N)N)cc1. The van der Waals surface area contributed by atoms with Gasteiger partial charge in [-0.2, -0.15) is 8.42 Å². The van der Waals surface area contributed by atoms with Crippen molar-refractivity contribution in [1.29, 1.82) is 5.41 Å². The number of amidine groups is 1. The summed E-state index contributed by atoms with van der Waals surface area (Å²) < 4.78 is 29.8. The van der Waals surface area contributed by atoms with Crippen molar-refractivity contribution >= 4 is 27.5 Å². The van der Waals surface area contributed by atoms with Gasteiger partial charge in [-0.1, -0.05) is 17.7 Å². The van der Waals surface area contributed by atoms with Crippen LogP contribution in [0.2, 0.25) is 0 Å². The van der Waals surface area contributed by atoms with E-state index >= 15 is 0 Å². The van der Waals surface area contributed by atoms with Gasteiger partial charge >= 0.3 is 0 Å². The third-order valence-corrected chi connectivity index (χ3v) is 4.98. The standard InChI is InChI=1S/C16H19N5O5S/c1-10-3-5-12(6-4-10)27(24,25)26-14(16(17)18)9-20-15-7-11(2)13(8-19-15)21(22)23/h3-8,14H,9H2,1-2H3,(H3,17,18)(H,19,20). The van der Waals surface area contributed by atoms with E-state index < -0.39 is 27.0 Å². The second-order valence-corrected chi connectivity index (χ2v) is 7.37. The van der Waals surface area contributed by atoms with E-state index in [1.807, 2.05) is 6.92 Å². The minimum Gasteiger partial charge on any atom is -0.385 e. The second kappa shape index (κ2) is 8.10. The van der Waals surface area contributed by atoms with Gasteiger partial charge in [-0.05, 0) is 32.0 Å². The number of anilines is 1. The first-order valence-corrected chi connectivity index (χ1v) is 9.20. The number of nitro groups is 1. The van der Waals surface area contributed by atoms with Crippen molar-refractivity contribution in [3.8, 4) is 0 Å². The molecule has 0 radical (unpaired) electrons. The zero-order valence-electron chi connectivity index (χ0n) is 14.7. The first kappa shape index (κ1) is 20.3. The zero-order valence-corrected chi connectivity index (χ0v) is 15.5. The summed E-state index contributed by atoms with van der Waals surface area (Å²) in [4.78, 5) is 14.1. The predicted octanol–water partition coefficient (Wildman–Crippen LogP) is 1.73.